The molecule has 7 heteroatoms. The molecule has 1 heterocycles. The maximum atomic E-state index is 12.6. The highest BCUT2D eigenvalue weighted by molar-refractivity contribution is 5.83. The number of amides is 2. The Bertz CT molecular complexity index is 337. The number of nitrogens with zero attached hydrogens (tertiary/aromatic N) is 2. The Morgan fingerprint density at radius 3 is 2.65 bits per heavy atom. The standard InChI is InChI=1S/C13H24N2O5/c1-10(9-20-3)14(7-8-19-2)13(18)15-6-4-5-11(15)12(16)17/h10-11H,4-9H2,1-3H3,(H,16,17)/t10?,11-/m1/s1. The number of aliphatic carboxylic acids is 1. The number of ether oxygens (including phenoxy) is 2. The number of hydrogen-bond donors (Lipinski definition) is 1. The summed E-state index contributed by atoms with van der Waals surface area (Å²) in [4.78, 5) is 26.8. The van der Waals surface area contributed by atoms with E-state index in [1.807, 2.05) is 6.92 Å². The number of carbonyl (C=O) groups is 2. The highest BCUT2D eigenvalue weighted by atomic mass is 16.5. The van der Waals surface area contributed by atoms with Crippen LogP contribution in [0.3, 0.4) is 0 Å². The Kier molecular flexibility index (Phi) is 6.74. The first-order valence-electron chi connectivity index (χ1n) is 6.80. The van der Waals surface area contributed by atoms with Crippen molar-refractivity contribution in [1.29, 1.82) is 0 Å². The number of rotatable bonds is 7. The lowest BCUT2D eigenvalue weighted by Crippen LogP contribution is -2.52. The molecule has 0 bridgehead atoms. The normalized spacial score (nSPS) is 19.9. The summed E-state index contributed by atoms with van der Waals surface area (Å²) >= 11 is 0. The summed E-state index contributed by atoms with van der Waals surface area (Å²) < 4.78 is 10.1. The molecule has 116 valence electrons. The quantitative estimate of drug-likeness (QED) is 0.743. The highest BCUT2D eigenvalue weighted by Gasteiger charge is 2.37. The van der Waals surface area contributed by atoms with Gasteiger partial charge in [0.05, 0.1) is 19.3 Å². The van der Waals surface area contributed by atoms with Crippen LogP contribution in [0.25, 0.3) is 0 Å². The molecule has 0 spiro atoms. The van der Waals surface area contributed by atoms with Crippen LogP contribution in [0.4, 0.5) is 4.79 Å². The van der Waals surface area contributed by atoms with Gasteiger partial charge in [0, 0.05) is 27.3 Å². The maximum absolute atomic E-state index is 12.6. The number of hydrogen-bond acceptors (Lipinski definition) is 4. The van der Waals surface area contributed by atoms with Crippen molar-refractivity contribution in [3.05, 3.63) is 0 Å². The molecule has 0 aromatic carbocycles. The predicted octanol–water partition coefficient (Wildman–Crippen LogP) is 0.639. The van der Waals surface area contributed by atoms with Crippen LogP contribution in [0.5, 0.6) is 0 Å². The van der Waals surface area contributed by atoms with Crippen molar-refractivity contribution in [2.75, 3.05) is 40.5 Å². The topological polar surface area (TPSA) is 79.3 Å². The summed E-state index contributed by atoms with van der Waals surface area (Å²) in [6, 6.07) is -1.10. The molecule has 0 radical (unpaired) electrons. The average Bonchev–Trinajstić information content (AvgIpc) is 2.88. The van der Waals surface area contributed by atoms with E-state index in [4.69, 9.17) is 9.47 Å². The van der Waals surface area contributed by atoms with Gasteiger partial charge in [-0.15, -0.1) is 0 Å². The number of carbonyl (C=O) groups excluding carboxylic acids is 1. The number of carboxylic acids is 1. The predicted molar refractivity (Wildman–Crippen MR) is 72.7 cm³/mol. The minimum Gasteiger partial charge on any atom is -0.480 e. The van der Waals surface area contributed by atoms with Gasteiger partial charge in [0.15, 0.2) is 0 Å². The lowest BCUT2D eigenvalue weighted by Gasteiger charge is -2.34. The molecule has 0 saturated carbocycles. The van der Waals surface area contributed by atoms with Gasteiger partial charge in [0.2, 0.25) is 0 Å². The van der Waals surface area contributed by atoms with E-state index in [0.717, 1.165) is 6.42 Å². The van der Waals surface area contributed by atoms with Crippen LogP contribution < -0.4 is 0 Å². The van der Waals surface area contributed by atoms with Gasteiger partial charge in [0.1, 0.15) is 6.04 Å². The van der Waals surface area contributed by atoms with E-state index in [1.54, 1.807) is 19.1 Å². The minimum absolute atomic E-state index is 0.127. The van der Waals surface area contributed by atoms with Gasteiger partial charge in [-0.1, -0.05) is 0 Å². The summed E-state index contributed by atoms with van der Waals surface area (Å²) in [5, 5.41) is 9.17. The van der Waals surface area contributed by atoms with Gasteiger partial charge in [-0.3, -0.25) is 0 Å². The van der Waals surface area contributed by atoms with E-state index in [9.17, 15) is 14.7 Å². The van der Waals surface area contributed by atoms with Crippen LogP contribution in [0.2, 0.25) is 0 Å². The fourth-order valence-electron chi connectivity index (χ4n) is 2.44. The van der Waals surface area contributed by atoms with Crippen molar-refractivity contribution in [3.8, 4) is 0 Å². The Hall–Kier alpha value is -1.34. The molecule has 0 aromatic rings. The fraction of sp³-hybridized carbons (Fsp3) is 0.846. The molecule has 1 saturated heterocycles. The number of carboxylic acid groups (broad SMARTS) is 1. The van der Waals surface area contributed by atoms with E-state index >= 15 is 0 Å². The number of urea groups is 1. The Morgan fingerprint density at radius 1 is 1.40 bits per heavy atom. The first-order chi connectivity index (χ1) is 9.52. The summed E-state index contributed by atoms with van der Waals surface area (Å²) in [5.74, 6) is -0.943. The van der Waals surface area contributed by atoms with Crippen molar-refractivity contribution in [2.24, 2.45) is 0 Å². The molecular formula is C13H24N2O5. The van der Waals surface area contributed by atoms with Gasteiger partial charge in [-0.05, 0) is 19.8 Å². The van der Waals surface area contributed by atoms with Gasteiger partial charge in [-0.25, -0.2) is 9.59 Å². The van der Waals surface area contributed by atoms with E-state index in [-0.39, 0.29) is 12.1 Å². The molecule has 7 nitrogen and oxygen atoms in total. The van der Waals surface area contributed by atoms with Crippen LogP contribution in [0.15, 0.2) is 0 Å². The maximum Gasteiger partial charge on any atom is 0.326 e. The van der Waals surface area contributed by atoms with Crippen molar-refractivity contribution in [2.45, 2.75) is 31.8 Å². The van der Waals surface area contributed by atoms with E-state index in [2.05, 4.69) is 0 Å². The molecule has 2 amide bonds. The largest absolute Gasteiger partial charge is 0.480 e. The smallest absolute Gasteiger partial charge is 0.326 e. The highest BCUT2D eigenvalue weighted by Crippen LogP contribution is 2.20. The van der Waals surface area contributed by atoms with Crippen LogP contribution in [0.1, 0.15) is 19.8 Å². The molecule has 0 aromatic heterocycles. The Labute approximate surface area is 119 Å². The lowest BCUT2D eigenvalue weighted by atomic mass is 10.2. The van der Waals surface area contributed by atoms with Crippen molar-refractivity contribution in [3.63, 3.8) is 0 Å². The second-order valence-electron chi connectivity index (χ2n) is 4.96. The van der Waals surface area contributed by atoms with Gasteiger partial charge < -0.3 is 24.4 Å². The Balaban J connectivity index is 2.77. The van der Waals surface area contributed by atoms with Crippen molar-refractivity contribution >= 4 is 12.0 Å². The molecular weight excluding hydrogens is 264 g/mol. The zero-order valence-electron chi connectivity index (χ0n) is 12.4. The molecule has 2 atom stereocenters. The molecule has 0 aliphatic carbocycles. The first-order valence-corrected chi connectivity index (χ1v) is 6.80. The van der Waals surface area contributed by atoms with E-state index in [0.29, 0.717) is 32.7 Å². The zero-order chi connectivity index (χ0) is 15.1. The van der Waals surface area contributed by atoms with Gasteiger partial charge >= 0.3 is 12.0 Å². The van der Waals surface area contributed by atoms with Crippen molar-refractivity contribution in [1.82, 2.24) is 9.80 Å². The third-order valence-corrected chi connectivity index (χ3v) is 3.51. The zero-order valence-corrected chi connectivity index (χ0v) is 12.4. The van der Waals surface area contributed by atoms with Crippen LogP contribution >= 0.6 is 0 Å². The van der Waals surface area contributed by atoms with Gasteiger partial charge in [-0.2, -0.15) is 0 Å². The summed E-state index contributed by atoms with van der Waals surface area (Å²) in [6.45, 7) is 3.59. The van der Waals surface area contributed by atoms with Crippen LogP contribution in [-0.4, -0.2) is 79.5 Å². The molecule has 20 heavy (non-hydrogen) atoms. The third-order valence-electron chi connectivity index (χ3n) is 3.51. The average molecular weight is 288 g/mol. The second kappa shape index (κ2) is 8.06. The number of likely N-dealkylation sites (tertiary alicyclic amines) is 1. The van der Waals surface area contributed by atoms with Gasteiger partial charge in [0.25, 0.3) is 0 Å². The molecule has 1 fully saturated rings. The summed E-state index contributed by atoms with van der Waals surface area (Å²) in [6.07, 6.45) is 1.23. The minimum atomic E-state index is -0.943. The van der Waals surface area contributed by atoms with Crippen LogP contribution in [-0.2, 0) is 14.3 Å². The lowest BCUT2D eigenvalue weighted by molar-refractivity contribution is -0.141. The third kappa shape index (κ3) is 4.08. The fourth-order valence-corrected chi connectivity index (χ4v) is 2.44. The van der Waals surface area contributed by atoms with E-state index in [1.165, 1.54) is 4.90 Å². The molecule has 1 rings (SSSR count). The molecule has 1 unspecified atom stereocenters. The molecule has 1 N–H and O–H groups in total. The SMILES string of the molecule is COCCN(C(=O)N1CCC[C@@H]1C(=O)O)C(C)COC. The monoisotopic (exact) mass is 288 g/mol. The number of methoxy groups -OCH3 is 2. The van der Waals surface area contributed by atoms with E-state index < -0.39 is 12.0 Å². The van der Waals surface area contributed by atoms with Crippen LogP contribution in [0, 0.1) is 0 Å². The molecule has 1 aliphatic rings. The first kappa shape index (κ1) is 16.7. The summed E-state index contributed by atoms with van der Waals surface area (Å²) in [5.41, 5.74) is 0. The molecule has 1 aliphatic heterocycles. The summed E-state index contributed by atoms with van der Waals surface area (Å²) in [7, 11) is 3.14. The Morgan fingerprint density at radius 2 is 2.10 bits per heavy atom. The second-order valence-corrected chi connectivity index (χ2v) is 4.96. The van der Waals surface area contributed by atoms with Crippen molar-refractivity contribution < 1.29 is 24.2 Å².